The van der Waals surface area contributed by atoms with E-state index < -0.39 is 0 Å². The molecule has 5 heteroatoms. The number of aromatic nitrogens is 2. The summed E-state index contributed by atoms with van der Waals surface area (Å²) in [6, 6.07) is 7.83. The SMILES string of the molecule is CC(N)C1CCN(Cc2nc3ccccc3[nH]c2=O)C1. The van der Waals surface area contributed by atoms with Crippen LogP contribution < -0.4 is 11.3 Å². The van der Waals surface area contributed by atoms with Crippen molar-refractivity contribution in [3.8, 4) is 0 Å². The highest BCUT2D eigenvalue weighted by atomic mass is 16.1. The van der Waals surface area contributed by atoms with Gasteiger partial charge in [0.15, 0.2) is 0 Å². The topological polar surface area (TPSA) is 75.0 Å². The van der Waals surface area contributed by atoms with Crippen molar-refractivity contribution < 1.29 is 0 Å². The average molecular weight is 272 g/mol. The highest BCUT2D eigenvalue weighted by Gasteiger charge is 2.25. The maximum absolute atomic E-state index is 12.1. The molecule has 1 aromatic heterocycles. The zero-order valence-electron chi connectivity index (χ0n) is 11.7. The highest BCUT2D eigenvalue weighted by Crippen LogP contribution is 2.19. The number of fused-ring (bicyclic) bond motifs is 1. The predicted molar refractivity (Wildman–Crippen MR) is 79.4 cm³/mol. The van der Waals surface area contributed by atoms with Gasteiger partial charge in [0, 0.05) is 19.1 Å². The molecular formula is C15H20N4O. The third-order valence-electron chi connectivity index (χ3n) is 4.10. The minimum Gasteiger partial charge on any atom is -0.328 e. The molecule has 0 spiro atoms. The van der Waals surface area contributed by atoms with E-state index in [1.165, 1.54) is 0 Å². The molecule has 106 valence electrons. The largest absolute Gasteiger partial charge is 0.328 e. The summed E-state index contributed by atoms with van der Waals surface area (Å²) >= 11 is 0. The van der Waals surface area contributed by atoms with Crippen LogP contribution in [0, 0.1) is 5.92 Å². The van der Waals surface area contributed by atoms with Crippen molar-refractivity contribution in [1.29, 1.82) is 0 Å². The van der Waals surface area contributed by atoms with Gasteiger partial charge in [-0.25, -0.2) is 4.98 Å². The van der Waals surface area contributed by atoms with Crippen LogP contribution in [0.2, 0.25) is 0 Å². The van der Waals surface area contributed by atoms with E-state index in [9.17, 15) is 4.79 Å². The number of benzene rings is 1. The Morgan fingerprint density at radius 1 is 1.50 bits per heavy atom. The lowest BCUT2D eigenvalue weighted by molar-refractivity contribution is 0.304. The molecule has 1 aliphatic heterocycles. The van der Waals surface area contributed by atoms with E-state index in [1.54, 1.807) is 0 Å². The van der Waals surface area contributed by atoms with Crippen molar-refractivity contribution in [2.75, 3.05) is 13.1 Å². The molecule has 2 aromatic rings. The zero-order valence-corrected chi connectivity index (χ0v) is 11.7. The fourth-order valence-electron chi connectivity index (χ4n) is 2.82. The first-order chi connectivity index (χ1) is 9.63. The van der Waals surface area contributed by atoms with Crippen molar-refractivity contribution in [3.05, 3.63) is 40.3 Å². The minimum atomic E-state index is -0.0899. The second-order valence-corrected chi connectivity index (χ2v) is 5.67. The van der Waals surface area contributed by atoms with E-state index in [2.05, 4.69) is 21.8 Å². The monoisotopic (exact) mass is 272 g/mol. The smallest absolute Gasteiger partial charge is 0.271 e. The third-order valence-corrected chi connectivity index (χ3v) is 4.10. The summed E-state index contributed by atoms with van der Waals surface area (Å²) in [6.07, 6.45) is 1.10. The molecule has 1 fully saturated rings. The molecule has 0 aliphatic carbocycles. The molecule has 2 heterocycles. The van der Waals surface area contributed by atoms with E-state index in [-0.39, 0.29) is 11.6 Å². The number of nitrogens with zero attached hydrogens (tertiary/aromatic N) is 2. The van der Waals surface area contributed by atoms with Gasteiger partial charge in [0.1, 0.15) is 5.69 Å². The first-order valence-corrected chi connectivity index (χ1v) is 7.09. The Kier molecular flexibility index (Phi) is 3.54. The Balaban J connectivity index is 1.81. The summed E-state index contributed by atoms with van der Waals surface area (Å²) in [4.78, 5) is 21.7. The molecular weight excluding hydrogens is 252 g/mol. The number of H-pyrrole nitrogens is 1. The summed E-state index contributed by atoms with van der Waals surface area (Å²) in [5, 5.41) is 0. The van der Waals surface area contributed by atoms with Crippen molar-refractivity contribution in [2.45, 2.75) is 25.9 Å². The number of para-hydroxylation sites is 2. The van der Waals surface area contributed by atoms with Crippen molar-refractivity contribution in [1.82, 2.24) is 14.9 Å². The van der Waals surface area contributed by atoms with Crippen molar-refractivity contribution in [2.24, 2.45) is 11.7 Å². The summed E-state index contributed by atoms with van der Waals surface area (Å²) in [6.45, 7) is 4.59. The molecule has 5 nitrogen and oxygen atoms in total. The first-order valence-electron chi connectivity index (χ1n) is 7.09. The van der Waals surface area contributed by atoms with Crippen LogP contribution >= 0.6 is 0 Å². The fourth-order valence-corrected chi connectivity index (χ4v) is 2.82. The number of rotatable bonds is 3. The first kappa shape index (κ1) is 13.3. The molecule has 20 heavy (non-hydrogen) atoms. The molecule has 1 saturated heterocycles. The predicted octanol–water partition coefficient (Wildman–Crippen LogP) is 1.09. The third kappa shape index (κ3) is 2.59. The van der Waals surface area contributed by atoms with E-state index in [0.717, 1.165) is 30.5 Å². The Morgan fingerprint density at radius 2 is 2.30 bits per heavy atom. The lowest BCUT2D eigenvalue weighted by Gasteiger charge is -2.17. The van der Waals surface area contributed by atoms with Gasteiger partial charge < -0.3 is 10.7 Å². The number of hydrogen-bond acceptors (Lipinski definition) is 4. The average Bonchev–Trinajstić information content (AvgIpc) is 2.88. The van der Waals surface area contributed by atoms with Gasteiger partial charge in [0.05, 0.1) is 11.0 Å². The lowest BCUT2D eigenvalue weighted by atomic mass is 10.0. The van der Waals surface area contributed by atoms with Gasteiger partial charge in [-0.05, 0) is 37.9 Å². The Labute approximate surface area is 117 Å². The number of nitrogens with two attached hydrogens (primary N) is 1. The van der Waals surface area contributed by atoms with E-state index in [0.29, 0.717) is 18.2 Å². The van der Waals surface area contributed by atoms with E-state index in [4.69, 9.17) is 5.73 Å². The summed E-state index contributed by atoms with van der Waals surface area (Å²) in [7, 11) is 0. The van der Waals surface area contributed by atoms with Crippen LogP contribution in [-0.2, 0) is 6.54 Å². The lowest BCUT2D eigenvalue weighted by Crippen LogP contribution is -2.31. The van der Waals surface area contributed by atoms with E-state index >= 15 is 0 Å². The van der Waals surface area contributed by atoms with Gasteiger partial charge in [0.25, 0.3) is 5.56 Å². The Morgan fingerprint density at radius 3 is 3.05 bits per heavy atom. The van der Waals surface area contributed by atoms with Crippen LogP contribution in [0.3, 0.4) is 0 Å². The molecule has 2 unspecified atom stereocenters. The van der Waals surface area contributed by atoms with Gasteiger partial charge >= 0.3 is 0 Å². The number of nitrogens with one attached hydrogen (secondary N) is 1. The summed E-state index contributed by atoms with van der Waals surface area (Å²) < 4.78 is 0. The maximum atomic E-state index is 12.1. The zero-order chi connectivity index (χ0) is 14.1. The van der Waals surface area contributed by atoms with Crippen LogP contribution in [0.25, 0.3) is 11.0 Å². The molecule has 1 aromatic carbocycles. The Bertz CT molecular complexity index is 664. The van der Waals surface area contributed by atoms with Gasteiger partial charge in [0.2, 0.25) is 0 Å². The molecule has 2 atom stereocenters. The minimum absolute atomic E-state index is 0.0899. The molecule has 0 amide bonds. The van der Waals surface area contributed by atoms with Gasteiger partial charge in [-0.1, -0.05) is 12.1 Å². The van der Waals surface area contributed by atoms with Crippen LogP contribution in [0.1, 0.15) is 19.0 Å². The molecule has 0 radical (unpaired) electrons. The second kappa shape index (κ2) is 5.34. The van der Waals surface area contributed by atoms with Crippen LogP contribution in [-0.4, -0.2) is 34.0 Å². The standard InChI is InChI=1S/C15H20N4O/c1-10(16)11-6-7-19(8-11)9-14-15(20)18-13-5-3-2-4-12(13)17-14/h2-5,10-11H,6-9,16H2,1H3,(H,18,20). The van der Waals surface area contributed by atoms with Gasteiger partial charge in [-0.2, -0.15) is 0 Å². The molecule has 3 N–H and O–H groups in total. The summed E-state index contributed by atoms with van der Waals surface area (Å²) in [5.41, 5.74) is 8.08. The Hall–Kier alpha value is -1.72. The quantitative estimate of drug-likeness (QED) is 0.877. The van der Waals surface area contributed by atoms with Crippen LogP contribution in [0.5, 0.6) is 0 Å². The molecule has 0 saturated carbocycles. The van der Waals surface area contributed by atoms with Crippen LogP contribution in [0.15, 0.2) is 29.1 Å². The highest BCUT2D eigenvalue weighted by molar-refractivity contribution is 5.73. The number of likely N-dealkylation sites (tertiary alicyclic amines) is 1. The number of hydrogen-bond donors (Lipinski definition) is 2. The fraction of sp³-hybridized carbons (Fsp3) is 0.467. The second-order valence-electron chi connectivity index (χ2n) is 5.67. The van der Waals surface area contributed by atoms with E-state index in [1.807, 2.05) is 24.3 Å². The van der Waals surface area contributed by atoms with Gasteiger partial charge in [-0.15, -0.1) is 0 Å². The van der Waals surface area contributed by atoms with Gasteiger partial charge in [-0.3, -0.25) is 9.69 Å². The molecule has 0 bridgehead atoms. The van der Waals surface area contributed by atoms with Crippen molar-refractivity contribution >= 4 is 11.0 Å². The van der Waals surface area contributed by atoms with Crippen molar-refractivity contribution in [3.63, 3.8) is 0 Å². The number of aromatic amines is 1. The normalized spacial score (nSPS) is 21.4. The molecule has 1 aliphatic rings. The van der Waals surface area contributed by atoms with Crippen LogP contribution in [0.4, 0.5) is 0 Å². The summed E-state index contributed by atoms with van der Waals surface area (Å²) in [5.74, 6) is 0.523. The maximum Gasteiger partial charge on any atom is 0.271 e. The molecule has 3 rings (SSSR count).